The number of nitrogens with two attached hydrogens (primary N) is 1. The van der Waals surface area contributed by atoms with E-state index in [1.165, 1.54) is 6.07 Å². The number of rotatable bonds is 6. The highest BCUT2D eigenvalue weighted by atomic mass is 19.4. The van der Waals surface area contributed by atoms with Gasteiger partial charge in [-0.15, -0.1) is 0 Å². The Kier molecular flexibility index (Phi) is 5.52. The van der Waals surface area contributed by atoms with Gasteiger partial charge in [0.25, 0.3) is 0 Å². The first-order valence-electron chi connectivity index (χ1n) is 8.65. The third-order valence-electron chi connectivity index (χ3n) is 4.01. The van der Waals surface area contributed by atoms with Crippen molar-refractivity contribution >= 4 is 23.2 Å². The first-order valence-corrected chi connectivity index (χ1v) is 8.65. The number of fused-ring (bicyclic) bond motifs is 1. The Balaban J connectivity index is 1.85. The van der Waals surface area contributed by atoms with Gasteiger partial charge in [-0.2, -0.15) is 23.1 Å². The Morgan fingerprint density at radius 1 is 1.32 bits per heavy atom. The van der Waals surface area contributed by atoms with Crippen molar-refractivity contribution in [3.8, 4) is 6.01 Å². The molecule has 0 bridgehead atoms. The summed E-state index contributed by atoms with van der Waals surface area (Å²) < 4.78 is 43.5. The number of aromatic nitrogens is 3. The van der Waals surface area contributed by atoms with Crippen LogP contribution in [0.15, 0.2) is 18.3 Å². The fourth-order valence-corrected chi connectivity index (χ4v) is 2.63. The van der Waals surface area contributed by atoms with Gasteiger partial charge < -0.3 is 20.7 Å². The van der Waals surface area contributed by atoms with Crippen LogP contribution in [-0.4, -0.2) is 34.0 Å². The molecular formula is C17H19F3N6O2. The number of pyridine rings is 1. The van der Waals surface area contributed by atoms with Crippen LogP contribution in [-0.2, 0) is 17.5 Å². The molecule has 0 unspecified atom stereocenters. The van der Waals surface area contributed by atoms with Crippen LogP contribution in [0.25, 0.3) is 0 Å². The van der Waals surface area contributed by atoms with E-state index in [9.17, 15) is 18.0 Å². The summed E-state index contributed by atoms with van der Waals surface area (Å²) in [5.41, 5.74) is 5.68. The monoisotopic (exact) mass is 396 g/mol. The average molecular weight is 396 g/mol. The van der Waals surface area contributed by atoms with E-state index in [2.05, 4.69) is 20.3 Å². The maximum Gasteiger partial charge on any atom is 0.433 e. The van der Waals surface area contributed by atoms with Crippen molar-refractivity contribution in [2.24, 2.45) is 0 Å². The lowest BCUT2D eigenvalue weighted by atomic mass is 10.2. The molecule has 0 saturated carbocycles. The van der Waals surface area contributed by atoms with Gasteiger partial charge in [-0.3, -0.25) is 9.78 Å². The highest BCUT2D eigenvalue weighted by Crippen LogP contribution is 2.34. The highest BCUT2D eigenvalue weighted by molar-refractivity contribution is 6.03. The maximum atomic E-state index is 12.7. The van der Waals surface area contributed by atoms with Crippen LogP contribution in [0.5, 0.6) is 6.01 Å². The molecule has 3 heterocycles. The number of nitrogens with zero attached hydrogens (tertiary/aromatic N) is 4. The van der Waals surface area contributed by atoms with Gasteiger partial charge in [-0.1, -0.05) is 19.4 Å². The van der Waals surface area contributed by atoms with Gasteiger partial charge >= 0.3 is 12.2 Å². The van der Waals surface area contributed by atoms with E-state index in [1.807, 2.05) is 6.92 Å². The first kappa shape index (κ1) is 19.6. The summed E-state index contributed by atoms with van der Waals surface area (Å²) in [7, 11) is 0. The summed E-state index contributed by atoms with van der Waals surface area (Å²) in [4.78, 5) is 25.4. The molecule has 2 aromatic heterocycles. The zero-order chi connectivity index (χ0) is 20.3. The lowest BCUT2D eigenvalue weighted by Gasteiger charge is -2.30. The van der Waals surface area contributed by atoms with Crippen molar-refractivity contribution in [3.63, 3.8) is 0 Å². The number of ether oxygens (including phenoxy) is 1. The molecule has 0 atom stereocenters. The van der Waals surface area contributed by atoms with Gasteiger partial charge in [-0.05, 0) is 18.1 Å². The van der Waals surface area contributed by atoms with Crippen molar-refractivity contribution in [1.82, 2.24) is 15.0 Å². The molecule has 0 radical (unpaired) electrons. The van der Waals surface area contributed by atoms with E-state index >= 15 is 0 Å². The zero-order valence-electron chi connectivity index (χ0n) is 15.1. The number of alkyl halides is 3. The molecule has 3 rings (SSSR count). The molecule has 2 aromatic rings. The third-order valence-corrected chi connectivity index (χ3v) is 4.01. The number of halogens is 3. The molecule has 0 fully saturated rings. The number of hydrogen-bond donors (Lipinski definition) is 2. The number of carbonyl (C=O) groups is 1. The van der Waals surface area contributed by atoms with Crippen LogP contribution < -0.4 is 20.7 Å². The highest BCUT2D eigenvalue weighted by Gasteiger charge is 2.32. The molecule has 0 aromatic carbocycles. The van der Waals surface area contributed by atoms with Crippen molar-refractivity contribution in [2.75, 3.05) is 29.1 Å². The van der Waals surface area contributed by atoms with Crippen LogP contribution in [0.2, 0.25) is 0 Å². The van der Waals surface area contributed by atoms with Gasteiger partial charge in [0, 0.05) is 12.7 Å². The Hall–Kier alpha value is -3.11. The smallest absolute Gasteiger partial charge is 0.433 e. The number of unbranched alkanes of at least 4 members (excludes halogenated alkanes) is 1. The SMILES string of the molecule is CCCCOc1nc(N)c2c(n1)N(Cc1ccc(C(F)(F)F)nc1)CC(=O)N2. The molecule has 0 aliphatic carbocycles. The van der Waals surface area contributed by atoms with E-state index in [0.29, 0.717) is 18.0 Å². The predicted octanol–water partition coefficient (Wildman–Crippen LogP) is 2.61. The third kappa shape index (κ3) is 4.41. The van der Waals surface area contributed by atoms with E-state index in [4.69, 9.17) is 10.5 Å². The van der Waals surface area contributed by atoms with Crippen LogP contribution in [0, 0.1) is 0 Å². The minimum Gasteiger partial charge on any atom is -0.463 e. The number of nitrogen functional groups attached to an aromatic ring is 1. The second kappa shape index (κ2) is 7.87. The molecule has 8 nitrogen and oxygen atoms in total. The quantitative estimate of drug-likeness (QED) is 0.723. The number of hydrogen-bond acceptors (Lipinski definition) is 7. The van der Waals surface area contributed by atoms with Crippen LogP contribution in [0.3, 0.4) is 0 Å². The molecule has 11 heteroatoms. The Bertz CT molecular complexity index is 857. The molecule has 28 heavy (non-hydrogen) atoms. The molecule has 3 N–H and O–H groups in total. The van der Waals surface area contributed by atoms with Crippen molar-refractivity contribution in [1.29, 1.82) is 0 Å². The van der Waals surface area contributed by atoms with Gasteiger partial charge in [0.2, 0.25) is 5.91 Å². The van der Waals surface area contributed by atoms with Gasteiger partial charge in [0.05, 0.1) is 13.2 Å². The molecule has 1 aliphatic heterocycles. The van der Waals surface area contributed by atoms with Crippen LogP contribution >= 0.6 is 0 Å². The Morgan fingerprint density at radius 2 is 2.11 bits per heavy atom. The second-order valence-electron chi connectivity index (χ2n) is 6.25. The van der Waals surface area contributed by atoms with E-state index in [0.717, 1.165) is 25.1 Å². The lowest BCUT2D eigenvalue weighted by Crippen LogP contribution is -2.39. The summed E-state index contributed by atoms with van der Waals surface area (Å²) in [5.74, 6) is 0.0703. The van der Waals surface area contributed by atoms with E-state index in [-0.39, 0.29) is 36.5 Å². The fraction of sp³-hybridized carbons (Fsp3) is 0.412. The van der Waals surface area contributed by atoms with E-state index < -0.39 is 11.9 Å². The zero-order valence-corrected chi connectivity index (χ0v) is 15.1. The minimum absolute atomic E-state index is 0.0428. The van der Waals surface area contributed by atoms with Crippen LogP contribution in [0.4, 0.5) is 30.5 Å². The van der Waals surface area contributed by atoms with Gasteiger partial charge in [-0.25, -0.2) is 0 Å². The number of carbonyl (C=O) groups excluding carboxylic acids is 1. The number of anilines is 3. The summed E-state index contributed by atoms with van der Waals surface area (Å²) in [6.07, 6.45) is -1.64. The molecule has 1 aliphatic rings. The van der Waals surface area contributed by atoms with E-state index in [1.54, 1.807) is 4.90 Å². The maximum absolute atomic E-state index is 12.7. The minimum atomic E-state index is -4.51. The first-order chi connectivity index (χ1) is 13.3. The Morgan fingerprint density at radius 3 is 2.75 bits per heavy atom. The Labute approximate surface area is 158 Å². The molecule has 1 amide bonds. The van der Waals surface area contributed by atoms with Crippen molar-refractivity contribution < 1.29 is 22.7 Å². The summed E-state index contributed by atoms with van der Waals surface area (Å²) >= 11 is 0. The topological polar surface area (TPSA) is 106 Å². The molecule has 0 spiro atoms. The predicted molar refractivity (Wildman–Crippen MR) is 95.8 cm³/mol. The largest absolute Gasteiger partial charge is 0.463 e. The molecule has 0 saturated heterocycles. The normalized spacial score (nSPS) is 13.9. The summed E-state index contributed by atoms with van der Waals surface area (Å²) in [5, 5.41) is 2.62. The van der Waals surface area contributed by atoms with Crippen LogP contribution in [0.1, 0.15) is 31.0 Å². The summed E-state index contributed by atoms with van der Waals surface area (Å²) in [6, 6.07) is 2.29. The second-order valence-corrected chi connectivity index (χ2v) is 6.25. The van der Waals surface area contributed by atoms with Gasteiger partial charge in [0.15, 0.2) is 11.6 Å². The summed E-state index contributed by atoms with van der Waals surface area (Å²) in [6.45, 7) is 2.51. The average Bonchev–Trinajstić information content (AvgIpc) is 2.63. The fourth-order valence-electron chi connectivity index (χ4n) is 2.63. The van der Waals surface area contributed by atoms with Crippen molar-refractivity contribution in [2.45, 2.75) is 32.5 Å². The van der Waals surface area contributed by atoms with Crippen molar-refractivity contribution in [3.05, 3.63) is 29.6 Å². The number of amides is 1. The lowest BCUT2D eigenvalue weighted by molar-refractivity contribution is -0.141. The number of nitrogens with one attached hydrogen (secondary N) is 1. The molecular weight excluding hydrogens is 377 g/mol. The molecule has 150 valence electrons. The standard InChI is InChI=1S/C17H19F3N6O2/c1-2-3-6-28-16-24-14(21)13-15(25-16)26(9-12(27)23-13)8-10-4-5-11(22-7-10)17(18,19)20/h4-5,7H,2-3,6,8-9H2,1H3,(H,23,27)(H2,21,24,25). The van der Waals surface area contributed by atoms with Gasteiger partial charge in [0.1, 0.15) is 11.4 Å².